The highest BCUT2D eigenvalue weighted by molar-refractivity contribution is 5.76. The number of hydrogen-bond donors (Lipinski definition) is 3. The smallest absolute Gasteiger partial charge is 0.305 e. The van der Waals surface area contributed by atoms with Crippen LogP contribution in [0.3, 0.4) is 0 Å². The van der Waals surface area contributed by atoms with Crippen molar-refractivity contribution < 1.29 is 24.5 Å². The van der Waals surface area contributed by atoms with Gasteiger partial charge in [-0.15, -0.1) is 0 Å². The molecule has 0 saturated heterocycles. The number of hydrogen-bond acceptors (Lipinski definition) is 5. The van der Waals surface area contributed by atoms with Crippen LogP contribution in [0.4, 0.5) is 0 Å². The topological polar surface area (TPSA) is 95.9 Å². The van der Waals surface area contributed by atoms with Gasteiger partial charge in [0.05, 0.1) is 25.4 Å². The van der Waals surface area contributed by atoms with Gasteiger partial charge in [-0.05, 0) is 77.0 Å². The van der Waals surface area contributed by atoms with Crippen LogP contribution in [0.5, 0.6) is 0 Å². The Morgan fingerprint density at radius 2 is 0.635 bits per heavy atom. The van der Waals surface area contributed by atoms with Gasteiger partial charge in [0.25, 0.3) is 0 Å². The molecule has 0 bridgehead atoms. The van der Waals surface area contributed by atoms with Crippen molar-refractivity contribution in [3.8, 4) is 0 Å². The van der Waals surface area contributed by atoms with Crippen LogP contribution in [0.1, 0.15) is 373 Å². The van der Waals surface area contributed by atoms with E-state index in [2.05, 4.69) is 43.5 Å². The minimum absolute atomic E-state index is 0.00365. The molecule has 0 aliphatic carbocycles. The fourth-order valence-corrected chi connectivity index (χ4v) is 10.6. The van der Waals surface area contributed by atoms with E-state index in [1.807, 2.05) is 0 Å². The average Bonchev–Trinajstić information content (AvgIpc) is 3.40. The van der Waals surface area contributed by atoms with E-state index in [1.165, 1.54) is 295 Å². The molecule has 0 heterocycles. The van der Waals surface area contributed by atoms with Gasteiger partial charge in [-0.2, -0.15) is 0 Å². The Bertz CT molecular complexity index is 1150. The number of unbranched alkanes of at least 4 members (excludes halogenated alkanes) is 48. The van der Waals surface area contributed by atoms with Gasteiger partial charge in [-0.25, -0.2) is 0 Å². The zero-order valence-electron chi connectivity index (χ0n) is 50.1. The Hall–Kier alpha value is -1.66. The highest BCUT2D eigenvalue weighted by Crippen LogP contribution is 2.18. The van der Waals surface area contributed by atoms with Crippen LogP contribution in [0.25, 0.3) is 0 Å². The van der Waals surface area contributed by atoms with Gasteiger partial charge >= 0.3 is 5.97 Å². The fourth-order valence-electron chi connectivity index (χ4n) is 10.6. The summed E-state index contributed by atoms with van der Waals surface area (Å²) in [7, 11) is 0. The summed E-state index contributed by atoms with van der Waals surface area (Å²) in [4.78, 5) is 24.6. The van der Waals surface area contributed by atoms with Crippen LogP contribution >= 0.6 is 0 Å². The third kappa shape index (κ3) is 59.6. The summed E-state index contributed by atoms with van der Waals surface area (Å²) < 4.78 is 5.48. The van der Waals surface area contributed by atoms with E-state index in [4.69, 9.17) is 4.74 Å². The number of nitrogens with one attached hydrogen (secondary N) is 1. The second-order valence-corrected chi connectivity index (χ2v) is 23.1. The molecule has 6 heteroatoms. The van der Waals surface area contributed by atoms with Crippen molar-refractivity contribution in [2.24, 2.45) is 0 Å². The molecule has 0 rings (SSSR count). The van der Waals surface area contributed by atoms with E-state index in [1.54, 1.807) is 0 Å². The first kappa shape index (κ1) is 72.3. The van der Waals surface area contributed by atoms with Crippen molar-refractivity contribution in [3.63, 3.8) is 0 Å². The molecule has 2 atom stereocenters. The van der Waals surface area contributed by atoms with Crippen molar-refractivity contribution >= 4 is 11.9 Å². The monoisotopic (exact) mass is 1040 g/mol. The van der Waals surface area contributed by atoms with Gasteiger partial charge in [0.15, 0.2) is 0 Å². The molecule has 0 aromatic rings. The number of ether oxygens (including phenoxy) is 1. The highest BCUT2D eigenvalue weighted by atomic mass is 16.5. The number of esters is 1. The molecule has 0 fully saturated rings. The lowest BCUT2D eigenvalue weighted by Gasteiger charge is -2.22. The van der Waals surface area contributed by atoms with Crippen molar-refractivity contribution in [1.82, 2.24) is 5.32 Å². The lowest BCUT2D eigenvalue weighted by atomic mass is 10.0. The molecular formula is C68H131NO5. The van der Waals surface area contributed by atoms with Crippen molar-refractivity contribution in [1.29, 1.82) is 0 Å². The Morgan fingerprint density at radius 1 is 0.365 bits per heavy atom. The molecule has 0 aromatic carbocycles. The highest BCUT2D eigenvalue weighted by Gasteiger charge is 2.20. The lowest BCUT2D eigenvalue weighted by Crippen LogP contribution is -2.45. The Morgan fingerprint density at radius 3 is 0.959 bits per heavy atom. The number of allylic oxidation sites excluding steroid dienone is 4. The molecular weight excluding hydrogens is 911 g/mol. The first-order chi connectivity index (χ1) is 36.5. The van der Waals surface area contributed by atoms with Crippen LogP contribution in [-0.2, 0) is 14.3 Å². The molecule has 0 spiro atoms. The van der Waals surface area contributed by atoms with Gasteiger partial charge in [-0.3, -0.25) is 9.59 Å². The summed E-state index contributed by atoms with van der Waals surface area (Å²) in [6.07, 6.45) is 79.2. The third-order valence-electron chi connectivity index (χ3n) is 15.7. The minimum atomic E-state index is -0.669. The molecule has 2 unspecified atom stereocenters. The standard InChI is InChI=1S/C68H131NO5/c1-3-5-7-9-11-13-15-17-19-20-21-27-30-33-36-40-44-48-52-56-60-66(71)65(64-70)69-67(72)61-57-53-49-45-41-37-34-31-28-25-23-22-24-26-29-32-35-39-43-47-51-55-59-63-74-68(73)62-58-54-50-46-42-38-18-16-14-12-10-8-6-4-2/h16,18,25,28,65-66,70-71H,3-15,17,19-24,26-27,29-64H2,1-2H3,(H,69,72)/b18-16-,28-25-. The summed E-state index contributed by atoms with van der Waals surface area (Å²) in [5.74, 6) is -0.0340. The second-order valence-electron chi connectivity index (χ2n) is 23.1. The van der Waals surface area contributed by atoms with Crippen molar-refractivity contribution in [2.75, 3.05) is 13.2 Å². The number of rotatable bonds is 63. The number of aliphatic hydroxyl groups excluding tert-OH is 2. The van der Waals surface area contributed by atoms with Gasteiger partial charge in [-0.1, -0.05) is 308 Å². The molecule has 0 saturated carbocycles. The summed E-state index contributed by atoms with van der Waals surface area (Å²) in [6.45, 7) is 4.97. The maximum atomic E-state index is 12.5. The molecule has 438 valence electrons. The van der Waals surface area contributed by atoms with Crippen LogP contribution in [0, 0.1) is 0 Å². The quantitative estimate of drug-likeness (QED) is 0.0320. The van der Waals surface area contributed by atoms with Gasteiger partial charge in [0.1, 0.15) is 0 Å². The maximum absolute atomic E-state index is 12.5. The maximum Gasteiger partial charge on any atom is 0.305 e. The summed E-state index contributed by atoms with van der Waals surface area (Å²) in [6, 6.07) is -0.547. The Kier molecular flexibility index (Phi) is 62.4. The predicted octanol–water partition coefficient (Wildman–Crippen LogP) is 21.4. The van der Waals surface area contributed by atoms with E-state index in [0.717, 1.165) is 44.9 Å². The molecule has 0 aliphatic heterocycles. The SMILES string of the molecule is CCCCCCC/C=C\CCCCCCCC(=O)OCCCCCCCCCCCCCC/C=C\CCCCCCCCCC(=O)NC(CO)C(O)CCCCCCCCCCCCCCCCCCCCCC. The zero-order valence-corrected chi connectivity index (χ0v) is 50.1. The second kappa shape index (κ2) is 63.9. The summed E-state index contributed by atoms with van der Waals surface area (Å²) >= 11 is 0. The summed E-state index contributed by atoms with van der Waals surface area (Å²) in [5, 5.41) is 23.4. The normalized spacial score (nSPS) is 12.6. The van der Waals surface area contributed by atoms with Crippen LogP contribution in [-0.4, -0.2) is 47.4 Å². The number of carbonyl (C=O) groups excluding carboxylic acids is 2. The van der Waals surface area contributed by atoms with E-state index in [9.17, 15) is 19.8 Å². The molecule has 0 aromatic heterocycles. The number of amides is 1. The van der Waals surface area contributed by atoms with E-state index < -0.39 is 12.1 Å². The van der Waals surface area contributed by atoms with E-state index in [-0.39, 0.29) is 18.5 Å². The lowest BCUT2D eigenvalue weighted by molar-refractivity contribution is -0.143. The zero-order chi connectivity index (χ0) is 53.6. The third-order valence-corrected chi connectivity index (χ3v) is 15.7. The number of carbonyl (C=O) groups is 2. The van der Waals surface area contributed by atoms with E-state index in [0.29, 0.717) is 25.9 Å². The van der Waals surface area contributed by atoms with Crippen molar-refractivity contribution in [2.45, 2.75) is 386 Å². The molecule has 0 aliphatic rings. The number of aliphatic hydroxyl groups is 2. The summed E-state index contributed by atoms with van der Waals surface area (Å²) in [5.41, 5.74) is 0. The molecule has 1 amide bonds. The fraction of sp³-hybridized carbons (Fsp3) is 0.912. The van der Waals surface area contributed by atoms with Gasteiger partial charge < -0.3 is 20.3 Å². The molecule has 74 heavy (non-hydrogen) atoms. The molecule has 0 radical (unpaired) electrons. The first-order valence-electron chi connectivity index (χ1n) is 33.6. The van der Waals surface area contributed by atoms with Gasteiger partial charge in [0, 0.05) is 12.8 Å². The average molecular weight is 1040 g/mol. The Labute approximate surface area is 462 Å². The largest absolute Gasteiger partial charge is 0.466 e. The first-order valence-corrected chi connectivity index (χ1v) is 33.6. The van der Waals surface area contributed by atoms with E-state index >= 15 is 0 Å². The van der Waals surface area contributed by atoms with Gasteiger partial charge in [0.2, 0.25) is 5.91 Å². The predicted molar refractivity (Wildman–Crippen MR) is 324 cm³/mol. The van der Waals surface area contributed by atoms with Crippen molar-refractivity contribution in [3.05, 3.63) is 24.3 Å². The van der Waals surface area contributed by atoms with Crippen LogP contribution in [0.2, 0.25) is 0 Å². The molecule has 3 N–H and O–H groups in total. The van der Waals surface area contributed by atoms with Crippen LogP contribution < -0.4 is 5.32 Å². The Balaban J connectivity index is 3.41. The van der Waals surface area contributed by atoms with Crippen LogP contribution in [0.15, 0.2) is 24.3 Å². The molecule has 6 nitrogen and oxygen atoms in total. The minimum Gasteiger partial charge on any atom is -0.466 e.